The second-order valence-corrected chi connectivity index (χ2v) is 5.69. The standard InChI is InChI=1S/C14H15N3OS/c1-10-6-7-13(19-10)17-12(5-3-9-18)16-11-4-2-8-15-14(11)17/h2,4,6-8,18H,3,5,9H2,1H3. The molecule has 0 atom stereocenters. The molecule has 0 fully saturated rings. The van der Waals surface area contributed by atoms with E-state index in [1.54, 1.807) is 17.5 Å². The predicted octanol–water partition coefficient (Wildman–Crippen LogP) is 2.72. The van der Waals surface area contributed by atoms with Crippen molar-refractivity contribution in [1.29, 1.82) is 0 Å². The number of fused-ring (bicyclic) bond motifs is 1. The number of rotatable bonds is 4. The van der Waals surface area contributed by atoms with Gasteiger partial charge in [0.05, 0.1) is 0 Å². The van der Waals surface area contributed by atoms with Crippen LogP contribution in [0.15, 0.2) is 30.5 Å². The fraction of sp³-hybridized carbons (Fsp3) is 0.286. The van der Waals surface area contributed by atoms with Gasteiger partial charge < -0.3 is 5.11 Å². The molecule has 0 aliphatic heterocycles. The summed E-state index contributed by atoms with van der Waals surface area (Å²) in [6.07, 6.45) is 3.26. The molecule has 4 nitrogen and oxygen atoms in total. The lowest BCUT2D eigenvalue weighted by Gasteiger charge is -2.05. The molecule has 3 aromatic rings. The van der Waals surface area contributed by atoms with Crippen LogP contribution in [-0.4, -0.2) is 26.2 Å². The molecule has 5 heteroatoms. The fourth-order valence-electron chi connectivity index (χ4n) is 2.14. The van der Waals surface area contributed by atoms with Crippen LogP contribution in [0.25, 0.3) is 16.2 Å². The van der Waals surface area contributed by atoms with E-state index in [0.29, 0.717) is 6.42 Å². The highest BCUT2D eigenvalue weighted by atomic mass is 32.1. The Morgan fingerprint density at radius 2 is 2.21 bits per heavy atom. The average Bonchev–Trinajstić information content (AvgIpc) is 2.99. The lowest BCUT2D eigenvalue weighted by Crippen LogP contribution is -2.01. The van der Waals surface area contributed by atoms with E-state index in [4.69, 9.17) is 5.11 Å². The number of aromatic nitrogens is 3. The van der Waals surface area contributed by atoms with E-state index in [9.17, 15) is 0 Å². The van der Waals surface area contributed by atoms with Gasteiger partial charge in [-0.05, 0) is 37.6 Å². The lowest BCUT2D eigenvalue weighted by molar-refractivity contribution is 0.287. The summed E-state index contributed by atoms with van der Waals surface area (Å²) in [5.74, 6) is 0.963. The van der Waals surface area contributed by atoms with Gasteiger partial charge in [0.1, 0.15) is 16.3 Å². The summed E-state index contributed by atoms with van der Waals surface area (Å²) in [4.78, 5) is 10.3. The van der Waals surface area contributed by atoms with E-state index in [2.05, 4.69) is 33.6 Å². The van der Waals surface area contributed by atoms with Crippen molar-refractivity contribution in [3.05, 3.63) is 41.2 Å². The van der Waals surface area contributed by atoms with Crippen molar-refractivity contribution in [1.82, 2.24) is 14.5 Å². The van der Waals surface area contributed by atoms with Gasteiger partial charge in [0.2, 0.25) is 0 Å². The largest absolute Gasteiger partial charge is 0.396 e. The van der Waals surface area contributed by atoms with E-state index in [0.717, 1.165) is 28.4 Å². The Kier molecular flexibility index (Phi) is 3.31. The maximum absolute atomic E-state index is 9.02. The van der Waals surface area contributed by atoms with Crippen LogP contribution >= 0.6 is 11.3 Å². The number of imidazole rings is 1. The third kappa shape index (κ3) is 2.27. The van der Waals surface area contributed by atoms with Gasteiger partial charge in [0, 0.05) is 24.1 Å². The zero-order valence-corrected chi connectivity index (χ0v) is 11.5. The maximum Gasteiger partial charge on any atom is 0.165 e. The molecular formula is C14H15N3OS. The van der Waals surface area contributed by atoms with Crippen molar-refractivity contribution in [3.63, 3.8) is 0 Å². The van der Waals surface area contributed by atoms with Crippen molar-refractivity contribution in [2.45, 2.75) is 19.8 Å². The summed E-state index contributed by atoms with van der Waals surface area (Å²) in [5, 5.41) is 10.1. The van der Waals surface area contributed by atoms with Crippen molar-refractivity contribution < 1.29 is 5.11 Å². The summed E-state index contributed by atoms with van der Waals surface area (Å²) >= 11 is 1.73. The zero-order chi connectivity index (χ0) is 13.2. The summed E-state index contributed by atoms with van der Waals surface area (Å²) in [6, 6.07) is 8.07. The molecule has 0 aliphatic rings. The highest BCUT2D eigenvalue weighted by Gasteiger charge is 2.13. The van der Waals surface area contributed by atoms with Gasteiger partial charge in [-0.1, -0.05) is 0 Å². The summed E-state index contributed by atoms with van der Waals surface area (Å²) in [7, 11) is 0. The molecule has 0 amide bonds. The molecule has 19 heavy (non-hydrogen) atoms. The van der Waals surface area contributed by atoms with Gasteiger partial charge in [-0.2, -0.15) is 0 Å². The number of hydrogen-bond acceptors (Lipinski definition) is 4. The summed E-state index contributed by atoms with van der Waals surface area (Å²) < 4.78 is 2.10. The van der Waals surface area contributed by atoms with E-state index < -0.39 is 0 Å². The zero-order valence-electron chi connectivity index (χ0n) is 10.7. The maximum atomic E-state index is 9.02. The van der Waals surface area contributed by atoms with Gasteiger partial charge in [0.25, 0.3) is 0 Å². The van der Waals surface area contributed by atoms with Crippen LogP contribution in [0.4, 0.5) is 0 Å². The minimum atomic E-state index is 0.181. The lowest BCUT2D eigenvalue weighted by atomic mass is 10.3. The first-order chi connectivity index (χ1) is 9.29. The molecule has 0 saturated carbocycles. The molecule has 0 aliphatic carbocycles. The van der Waals surface area contributed by atoms with Gasteiger partial charge in [-0.25, -0.2) is 9.97 Å². The van der Waals surface area contributed by atoms with Crippen LogP contribution in [0.3, 0.4) is 0 Å². The molecule has 1 N–H and O–H groups in total. The number of hydrogen-bond donors (Lipinski definition) is 1. The molecule has 3 heterocycles. The Morgan fingerprint density at radius 3 is 2.95 bits per heavy atom. The quantitative estimate of drug-likeness (QED) is 0.795. The number of aliphatic hydroxyl groups excluding tert-OH is 1. The first-order valence-electron chi connectivity index (χ1n) is 6.29. The molecule has 0 aromatic carbocycles. The highest BCUT2D eigenvalue weighted by molar-refractivity contribution is 7.14. The van der Waals surface area contributed by atoms with Gasteiger partial charge in [-0.15, -0.1) is 11.3 Å². The van der Waals surface area contributed by atoms with Crippen molar-refractivity contribution in [3.8, 4) is 5.00 Å². The number of pyridine rings is 1. The van der Waals surface area contributed by atoms with E-state index in [1.807, 2.05) is 12.1 Å². The SMILES string of the molecule is Cc1ccc(-n2c(CCCO)nc3cccnc32)s1. The first kappa shape index (κ1) is 12.3. The van der Waals surface area contributed by atoms with Crippen LogP contribution in [-0.2, 0) is 6.42 Å². The monoisotopic (exact) mass is 273 g/mol. The topological polar surface area (TPSA) is 50.9 Å². The number of thiophene rings is 1. The Morgan fingerprint density at radius 1 is 1.32 bits per heavy atom. The van der Waals surface area contributed by atoms with Gasteiger partial charge in [0.15, 0.2) is 5.65 Å². The number of aliphatic hydroxyl groups is 1. The minimum Gasteiger partial charge on any atom is -0.396 e. The second kappa shape index (κ2) is 5.11. The van der Waals surface area contributed by atoms with Crippen LogP contribution in [0.2, 0.25) is 0 Å². The van der Waals surface area contributed by atoms with Gasteiger partial charge >= 0.3 is 0 Å². The molecular weight excluding hydrogens is 258 g/mol. The molecule has 0 radical (unpaired) electrons. The van der Waals surface area contributed by atoms with Crippen molar-refractivity contribution in [2.24, 2.45) is 0 Å². The van der Waals surface area contributed by atoms with Gasteiger partial charge in [-0.3, -0.25) is 4.57 Å². The Hall–Kier alpha value is -1.72. The molecule has 98 valence electrons. The van der Waals surface area contributed by atoms with Crippen LogP contribution in [0, 0.1) is 6.92 Å². The normalized spacial score (nSPS) is 11.3. The molecule has 0 saturated heterocycles. The minimum absolute atomic E-state index is 0.181. The Labute approximate surface area is 115 Å². The Balaban J connectivity index is 2.18. The predicted molar refractivity (Wildman–Crippen MR) is 76.9 cm³/mol. The fourth-order valence-corrected chi connectivity index (χ4v) is 3.02. The summed E-state index contributed by atoms with van der Waals surface area (Å²) in [6.45, 7) is 2.27. The van der Waals surface area contributed by atoms with Crippen LogP contribution in [0.1, 0.15) is 17.1 Å². The molecule has 3 aromatic heterocycles. The number of nitrogens with zero attached hydrogens (tertiary/aromatic N) is 3. The van der Waals surface area contributed by atoms with Crippen molar-refractivity contribution in [2.75, 3.05) is 6.61 Å². The van der Waals surface area contributed by atoms with E-state index in [1.165, 1.54) is 4.88 Å². The second-order valence-electron chi connectivity index (χ2n) is 4.42. The van der Waals surface area contributed by atoms with Crippen LogP contribution < -0.4 is 0 Å². The average molecular weight is 273 g/mol. The third-order valence-corrected chi connectivity index (χ3v) is 3.98. The molecule has 0 unspecified atom stereocenters. The van der Waals surface area contributed by atoms with E-state index >= 15 is 0 Å². The first-order valence-corrected chi connectivity index (χ1v) is 7.11. The third-order valence-electron chi connectivity index (χ3n) is 2.99. The highest BCUT2D eigenvalue weighted by Crippen LogP contribution is 2.26. The Bertz CT molecular complexity index is 702. The van der Waals surface area contributed by atoms with E-state index in [-0.39, 0.29) is 6.61 Å². The number of aryl methyl sites for hydroxylation is 2. The van der Waals surface area contributed by atoms with Crippen LogP contribution in [0.5, 0.6) is 0 Å². The summed E-state index contributed by atoms with van der Waals surface area (Å²) in [5.41, 5.74) is 1.79. The smallest absolute Gasteiger partial charge is 0.165 e. The molecule has 0 spiro atoms. The molecule has 3 rings (SSSR count). The van der Waals surface area contributed by atoms with Crippen molar-refractivity contribution >= 4 is 22.5 Å². The molecule has 0 bridgehead atoms.